The fourth-order valence-corrected chi connectivity index (χ4v) is 3.32. The molecular formula is C17H19N3S. The average Bonchev–Trinajstić information content (AvgIpc) is 3.20. The van der Waals surface area contributed by atoms with Crippen molar-refractivity contribution in [1.29, 1.82) is 0 Å². The number of nitrogens with zero attached hydrogens (tertiary/aromatic N) is 2. The Morgan fingerprint density at radius 3 is 2.71 bits per heavy atom. The number of nitrogens with two attached hydrogens (primary N) is 1. The molecule has 0 bridgehead atoms. The van der Waals surface area contributed by atoms with E-state index in [-0.39, 0.29) is 12.1 Å². The highest BCUT2D eigenvalue weighted by atomic mass is 32.1. The Bertz CT molecular complexity index is 673. The molecule has 2 N–H and O–H groups in total. The molecule has 0 saturated heterocycles. The van der Waals surface area contributed by atoms with Gasteiger partial charge in [0.15, 0.2) is 0 Å². The van der Waals surface area contributed by atoms with Gasteiger partial charge in [-0.15, -0.1) is 0 Å². The Morgan fingerprint density at radius 1 is 1.24 bits per heavy atom. The molecule has 0 amide bonds. The molecule has 4 heteroatoms. The molecule has 0 radical (unpaired) electrons. The van der Waals surface area contributed by atoms with Crippen LogP contribution < -0.4 is 5.73 Å². The van der Waals surface area contributed by atoms with Crippen LogP contribution >= 0.6 is 11.3 Å². The van der Waals surface area contributed by atoms with E-state index in [9.17, 15) is 0 Å². The molecule has 2 atom stereocenters. The van der Waals surface area contributed by atoms with Gasteiger partial charge in [0.2, 0.25) is 0 Å². The molecule has 0 aliphatic heterocycles. The van der Waals surface area contributed by atoms with Gasteiger partial charge in [0, 0.05) is 24.0 Å². The third-order valence-corrected chi connectivity index (χ3v) is 4.46. The van der Waals surface area contributed by atoms with E-state index in [1.165, 1.54) is 5.56 Å². The van der Waals surface area contributed by atoms with Gasteiger partial charge in [-0.05, 0) is 28.8 Å². The maximum atomic E-state index is 6.40. The summed E-state index contributed by atoms with van der Waals surface area (Å²) in [5.74, 6) is 0.968. The Labute approximate surface area is 129 Å². The first-order chi connectivity index (χ1) is 10.3. The fraction of sp³-hybridized carbons (Fsp3) is 0.235. The second-order valence-electron chi connectivity index (χ2n) is 5.10. The molecule has 2 aromatic heterocycles. The minimum absolute atomic E-state index is 0.0660. The summed E-state index contributed by atoms with van der Waals surface area (Å²) < 4.78 is 2.20. The van der Waals surface area contributed by atoms with Crippen molar-refractivity contribution in [3.63, 3.8) is 0 Å². The van der Waals surface area contributed by atoms with Crippen molar-refractivity contribution in [2.24, 2.45) is 5.73 Å². The number of imidazole rings is 1. The van der Waals surface area contributed by atoms with Crippen LogP contribution in [0.5, 0.6) is 0 Å². The maximum Gasteiger partial charge on any atom is 0.140 e. The van der Waals surface area contributed by atoms with Crippen LogP contribution in [0.3, 0.4) is 0 Å². The van der Waals surface area contributed by atoms with E-state index < -0.39 is 0 Å². The quantitative estimate of drug-likeness (QED) is 0.775. The minimum atomic E-state index is 0.0660. The van der Waals surface area contributed by atoms with E-state index in [0.717, 1.165) is 17.8 Å². The summed E-state index contributed by atoms with van der Waals surface area (Å²) in [6, 6.07) is 12.6. The van der Waals surface area contributed by atoms with Crippen molar-refractivity contribution >= 4 is 11.3 Å². The highest BCUT2D eigenvalue weighted by Gasteiger charge is 2.23. The van der Waals surface area contributed by atoms with Crippen LogP contribution in [-0.2, 0) is 0 Å². The molecule has 108 valence electrons. The van der Waals surface area contributed by atoms with Crippen LogP contribution in [0.25, 0.3) is 11.4 Å². The predicted molar refractivity (Wildman–Crippen MR) is 88.4 cm³/mol. The lowest BCUT2D eigenvalue weighted by Crippen LogP contribution is -2.32. The number of rotatable bonds is 5. The van der Waals surface area contributed by atoms with Crippen molar-refractivity contribution < 1.29 is 0 Å². The van der Waals surface area contributed by atoms with Crippen molar-refractivity contribution in [3.05, 3.63) is 65.1 Å². The van der Waals surface area contributed by atoms with Gasteiger partial charge in [0.25, 0.3) is 0 Å². The Morgan fingerprint density at radius 2 is 2.05 bits per heavy atom. The SMILES string of the molecule is CCC(N)C(c1ccsc1)n1ccnc1-c1ccccc1. The first kappa shape index (κ1) is 14.0. The minimum Gasteiger partial charge on any atom is -0.326 e. The lowest BCUT2D eigenvalue weighted by Gasteiger charge is -2.25. The number of benzene rings is 1. The fourth-order valence-electron chi connectivity index (χ4n) is 2.63. The number of thiophene rings is 1. The van der Waals surface area contributed by atoms with Gasteiger partial charge in [-0.2, -0.15) is 11.3 Å². The molecule has 3 nitrogen and oxygen atoms in total. The molecular weight excluding hydrogens is 278 g/mol. The highest BCUT2D eigenvalue weighted by Crippen LogP contribution is 2.29. The molecule has 2 heterocycles. The van der Waals surface area contributed by atoms with Crippen LogP contribution in [0.1, 0.15) is 24.9 Å². The maximum absolute atomic E-state index is 6.40. The van der Waals surface area contributed by atoms with E-state index >= 15 is 0 Å². The van der Waals surface area contributed by atoms with Crippen LogP contribution in [0.15, 0.2) is 59.6 Å². The summed E-state index contributed by atoms with van der Waals surface area (Å²) in [7, 11) is 0. The van der Waals surface area contributed by atoms with Crippen LogP contribution in [0, 0.1) is 0 Å². The number of hydrogen-bond donors (Lipinski definition) is 1. The highest BCUT2D eigenvalue weighted by molar-refractivity contribution is 7.08. The summed E-state index contributed by atoms with van der Waals surface area (Å²) in [4.78, 5) is 4.54. The van der Waals surface area contributed by atoms with Gasteiger partial charge in [0.05, 0.1) is 6.04 Å². The lowest BCUT2D eigenvalue weighted by atomic mass is 10.00. The molecule has 0 aliphatic carbocycles. The second-order valence-corrected chi connectivity index (χ2v) is 5.88. The largest absolute Gasteiger partial charge is 0.326 e. The number of aromatic nitrogens is 2. The Hall–Kier alpha value is -1.91. The molecule has 0 fully saturated rings. The smallest absolute Gasteiger partial charge is 0.140 e. The molecule has 0 aliphatic rings. The zero-order chi connectivity index (χ0) is 14.7. The molecule has 0 saturated carbocycles. The molecule has 1 aromatic carbocycles. The van der Waals surface area contributed by atoms with Crippen LogP contribution in [-0.4, -0.2) is 15.6 Å². The summed E-state index contributed by atoms with van der Waals surface area (Å²) >= 11 is 1.71. The van der Waals surface area contributed by atoms with Crippen molar-refractivity contribution in [1.82, 2.24) is 9.55 Å². The van der Waals surface area contributed by atoms with Gasteiger partial charge >= 0.3 is 0 Å². The normalized spacial score (nSPS) is 14.0. The van der Waals surface area contributed by atoms with Crippen LogP contribution in [0.4, 0.5) is 0 Å². The van der Waals surface area contributed by atoms with E-state index in [1.807, 2.05) is 30.6 Å². The molecule has 2 unspecified atom stereocenters. The average molecular weight is 297 g/mol. The summed E-state index contributed by atoms with van der Waals surface area (Å²) in [6.07, 6.45) is 4.80. The van der Waals surface area contributed by atoms with Crippen molar-refractivity contribution in [2.75, 3.05) is 0 Å². The lowest BCUT2D eigenvalue weighted by molar-refractivity contribution is 0.463. The zero-order valence-electron chi connectivity index (χ0n) is 12.0. The van der Waals surface area contributed by atoms with E-state index in [1.54, 1.807) is 11.3 Å². The van der Waals surface area contributed by atoms with Crippen molar-refractivity contribution in [3.8, 4) is 11.4 Å². The van der Waals surface area contributed by atoms with Crippen LogP contribution in [0.2, 0.25) is 0 Å². The van der Waals surface area contributed by atoms with Gasteiger partial charge < -0.3 is 10.3 Å². The predicted octanol–water partition coefficient (Wildman–Crippen LogP) is 3.94. The standard InChI is InChI=1S/C17H19N3S/c1-2-15(18)16(14-8-11-21-12-14)20-10-9-19-17(20)13-6-4-3-5-7-13/h3-12,15-16H,2,18H2,1H3. The summed E-state index contributed by atoms with van der Waals surface area (Å²) in [6.45, 7) is 2.13. The van der Waals surface area contributed by atoms with Crippen molar-refractivity contribution in [2.45, 2.75) is 25.4 Å². The van der Waals surface area contributed by atoms with E-state index in [0.29, 0.717) is 0 Å². The monoisotopic (exact) mass is 297 g/mol. The molecule has 21 heavy (non-hydrogen) atoms. The Kier molecular flexibility index (Phi) is 4.18. The first-order valence-electron chi connectivity index (χ1n) is 7.17. The van der Waals surface area contributed by atoms with Gasteiger partial charge in [-0.25, -0.2) is 4.98 Å². The van der Waals surface area contributed by atoms with Gasteiger partial charge in [0.1, 0.15) is 5.82 Å². The van der Waals surface area contributed by atoms with Gasteiger partial charge in [-0.1, -0.05) is 37.3 Å². The second kappa shape index (κ2) is 6.24. The van der Waals surface area contributed by atoms with E-state index in [4.69, 9.17) is 5.73 Å². The topological polar surface area (TPSA) is 43.8 Å². The summed E-state index contributed by atoms with van der Waals surface area (Å²) in [5, 5.41) is 4.28. The van der Waals surface area contributed by atoms with Gasteiger partial charge in [-0.3, -0.25) is 0 Å². The third kappa shape index (κ3) is 2.77. The Balaban J connectivity index is 2.07. The zero-order valence-corrected chi connectivity index (χ0v) is 12.8. The molecule has 0 spiro atoms. The first-order valence-corrected chi connectivity index (χ1v) is 8.11. The number of hydrogen-bond acceptors (Lipinski definition) is 3. The summed E-state index contributed by atoms with van der Waals surface area (Å²) in [5.41, 5.74) is 8.77. The van der Waals surface area contributed by atoms with E-state index in [2.05, 4.69) is 45.4 Å². The third-order valence-electron chi connectivity index (χ3n) is 3.76. The molecule has 3 aromatic rings. The molecule has 3 rings (SSSR count).